The van der Waals surface area contributed by atoms with Crippen LogP contribution >= 0.6 is 0 Å². The summed E-state index contributed by atoms with van der Waals surface area (Å²) in [6.07, 6.45) is 0. The Balaban J connectivity index is 2.91. The van der Waals surface area contributed by atoms with Gasteiger partial charge in [0, 0.05) is 11.7 Å². The van der Waals surface area contributed by atoms with E-state index in [9.17, 15) is 4.79 Å². The van der Waals surface area contributed by atoms with Crippen LogP contribution in [0, 0.1) is 6.92 Å². The lowest BCUT2D eigenvalue weighted by Crippen LogP contribution is -2.35. The second-order valence-electron chi connectivity index (χ2n) is 3.60. The first-order valence-corrected chi connectivity index (χ1v) is 4.83. The summed E-state index contributed by atoms with van der Waals surface area (Å²) in [6.45, 7) is 3.47. The zero-order valence-electron chi connectivity index (χ0n) is 8.95. The maximum Gasteiger partial charge on any atom is 0.253 e. The molecule has 0 heterocycles. The van der Waals surface area contributed by atoms with E-state index in [1.165, 1.54) is 0 Å². The summed E-state index contributed by atoms with van der Waals surface area (Å²) in [5.41, 5.74) is 7.49. The predicted octanol–water partition coefficient (Wildman–Crippen LogP) is 0.688. The van der Waals surface area contributed by atoms with Crippen LogP contribution in [0.1, 0.15) is 22.8 Å². The topological polar surface area (TPSA) is 75.4 Å². The molecule has 0 aliphatic heterocycles. The fraction of sp³-hybridized carbons (Fsp3) is 0.364. The van der Waals surface area contributed by atoms with E-state index < -0.39 is 0 Å². The molecule has 0 radical (unpaired) electrons. The summed E-state index contributed by atoms with van der Waals surface area (Å²) < 4.78 is 0. The van der Waals surface area contributed by atoms with E-state index in [1.54, 1.807) is 19.1 Å². The Morgan fingerprint density at radius 1 is 1.60 bits per heavy atom. The van der Waals surface area contributed by atoms with Gasteiger partial charge in [-0.25, -0.2) is 0 Å². The van der Waals surface area contributed by atoms with Crippen LogP contribution in [0.3, 0.4) is 0 Å². The van der Waals surface area contributed by atoms with Crippen molar-refractivity contribution in [3.63, 3.8) is 0 Å². The molecule has 82 valence electrons. The van der Waals surface area contributed by atoms with E-state index in [4.69, 9.17) is 10.8 Å². The molecule has 4 nitrogen and oxygen atoms in total. The third kappa shape index (κ3) is 2.70. The summed E-state index contributed by atoms with van der Waals surface area (Å²) in [7, 11) is 0. The Hall–Kier alpha value is -1.55. The number of benzene rings is 1. The Morgan fingerprint density at radius 3 is 2.80 bits per heavy atom. The van der Waals surface area contributed by atoms with Gasteiger partial charge in [0.15, 0.2) is 0 Å². The van der Waals surface area contributed by atoms with Crippen LogP contribution < -0.4 is 11.1 Å². The number of carbonyl (C=O) groups excluding carboxylic acids is 1. The van der Waals surface area contributed by atoms with Crippen molar-refractivity contribution in [3.05, 3.63) is 29.3 Å². The van der Waals surface area contributed by atoms with Crippen molar-refractivity contribution in [2.45, 2.75) is 19.9 Å². The largest absolute Gasteiger partial charge is 0.398 e. The van der Waals surface area contributed by atoms with Gasteiger partial charge in [-0.3, -0.25) is 4.79 Å². The molecule has 4 heteroatoms. The lowest BCUT2D eigenvalue weighted by molar-refractivity contribution is 0.0922. The van der Waals surface area contributed by atoms with Crippen LogP contribution in [0.4, 0.5) is 5.69 Å². The van der Waals surface area contributed by atoms with E-state index in [-0.39, 0.29) is 18.6 Å². The molecule has 1 aromatic rings. The molecule has 0 spiro atoms. The number of rotatable bonds is 3. The van der Waals surface area contributed by atoms with Crippen LogP contribution in [0.5, 0.6) is 0 Å². The lowest BCUT2D eigenvalue weighted by atomic mass is 10.1. The van der Waals surface area contributed by atoms with Crippen molar-refractivity contribution in [2.75, 3.05) is 12.3 Å². The van der Waals surface area contributed by atoms with Gasteiger partial charge in [0.2, 0.25) is 0 Å². The highest BCUT2D eigenvalue weighted by molar-refractivity contribution is 6.00. The van der Waals surface area contributed by atoms with Crippen LogP contribution in [-0.2, 0) is 0 Å². The van der Waals surface area contributed by atoms with Crippen molar-refractivity contribution in [2.24, 2.45) is 0 Å². The zero-order chi connectivity index (χ0) is 11.4. The highest BCUT2D eigenvalue weighted by Gasteiger charge is 2.13. The number of nitrogen functional groups attached to an aromatic ring is 1. The van der Waals surface area contributed by atoms with Gasteiger partial charge >= 0.3 is 0 Å². The third-order valence-electron chi connectivity index (χ3n) is 2.18. The quantitative estimate of drug-likeness (QED) is 0.640. The van der Waals surface area contributed by atoms with Crippen LogP contribution in [-0.4, -0.2) is 23.7 Å². The van der Waals surface area contributed by atoms with Crippen LogP contribution in [0.25, 0.3) is 0 Å². The summed E-state index contributed by atoms with van der Waals surface area (Å²) in [4.78, 5) is 11.8. The molecule has 0 bridgehead atoms. The van der Waals surface area contributed by atoms with Gasteiger partial charge in [-0.2, -0.15) is 0 Å². The first kappa shape index (κ1) is 11.5. The Morgan fingerprint density at radius 2 is 2.27 bits per heavy atom. The summed E-state index contributed by atoms with van der Waals surface area (Å²) in [6, 6.07) is 5.05. The minimum Gasteiger partial charge on any atom is -0.398 e. The highest BCUT2D eigenvalue weighted by atomic mass is 16.3. The number of hydrogen-bond donors (Lipinski definition) is 3. The Bertz CT molecular complexity index is 343. The monoisotopic (exact) mass is 208 g/mol. The molecule has 0 aliphatic carbocycles. The number of anilines is 1. The smallest absolute Gasteiger partial charge is 0.253 e. The number of amides is 1. The van der Waals surface area contributed by atoms with Crippen molar-refractivity contribution in [1.82, 2.24) is 5.32 Å². The zero-order valence-corrected chi connectivity index (χ0v) is 8.95. The molecule has 1 unspecified atom stereocenters. The van der Waals surface area contributed by atoms with E-state index in [1.807, 2.05) is 13.0 Å². The SMILES string of the molecule is Cc1cccc(N)c1C(=O)NC(C)CO. The number of aliphatic hydroxyl groups is 1. The number of nitrogens with one attached hydrogen (secondary N) is 1. The molecular weight excluding hydrogens is 192 g/mol. The van der Waals surface area contributed by atoms with E-state index in [0.29, 0.717) is 11.3 Å². The standard InChI is InChI=1S/C11H16N2O2/c1-7-4-3-5-9(12)10(7)11(15)13-8(2)6-14/h3-5,8,14H,6,12H2,1-2H3,(H,13,15). The first-order valence-electron chi connectivity index (χ1n) is 4.83. The summed E-state index contributed by atoms with van der Waals surface area (Å²) >= 11 is 0. The van der Waals surface area contributed by atoms with Crippen molar-refractivity contribution in [1.29, 1.82) is 0 Å². The fourth-order valence-corrected chi connectivity index (χ4v) is 1.34. The molecule has 0 saturated heterocycles. The number of nitrogens with two attached hydrogens (primary N) is 1. The maximum atomic E-state index is 11.8. The highest BCUT2D eigenvalue weighted by Crippen LogP contribution is 2.15. The van der Waals surface area contributed by atoms with Crippen molar-refractivity contribution in [3.8, 4) is 0 Å². The molecule has 1 amide bonds. The lowest BCUT2D eigenvalue weighted by Gasteiger charge is -2.13. The Labute approximate surface area is 89.1 Å². The molecule has 0 aliphatic rings. The third-order valence-corrected chi connectivity index (χ3v) is 2.18. The number of aryl methyl sites for hydroxylation is 1. The molecule has 0 aromatic heterocycles. The number of aliphatic hydroxyl groups excluding tert-OH is 1. The van der Waals surface area contributed by atoms with Crippen LogP contribution in [0.15, 0.2) is 18.2 Å². The summed E-state index contributed by atoms with van der Waals surface area (Å²) in [5, 5.41) is 11.5. The fourth-order valence-electron chi connectivity index (χ4n) is 1.34. The molecule has 4 N–H and O–H groups in total. The second-order valence-corrected chi connectivity index (χ2v) is 3.60. The molecule has 0 saturated carbocycles. The summed E-state index contributed by atoms with van der Waals surface area (Å²) in [5.74, 6) is -0.243. The van der Waals surface area contributed by atoms with Crippen molar-refractivity contribution < 1.29 is 9.90 Å². The average Bonchev–Trinajstić information content (AvgIpc) is 2.17. The van der Waals surface area contributed by atoms with E-state index in [0.717, 1.165) is 5.56 Å². The molecule has 1 rings (SSSR count). The van der Waals surface area contributed by atoms with Gasteiger partial charge in [-0.05, 0) is 25.5 Å². The maximum absolute atomic E-state index is 11.8. The predicted molar refractivity (Wildman–Crippen MR) is 59.6 cm³/mol. The van der Waals surface area contributed by atoms with Gasteiger partial charge in [-0.1, -0.05) is 12.1 Å². The van der Waals surface area contributed by atoms with Gasteiger partial charge in [0.05, 0.1) is 12.2 Å². The average molecular weight is 208 g/mol. The van der Waals surface area contributed by atoms with Gasteiger partial charge < -0.3 is 16.2 Å². The Kier molecular flexibility index (Phi) is 3.68. The van der Waals surface area contributed by atoms with Crippen molar-refractivity contribution >= 4 is 11.6 Å². The molecule has 0 fully saturated rings. The van der Waals surface area contributed by atoms with E-state index in [2.05, 4.69) is 5.32 Å². The normalized spacial score (nSPS) is 12.2. The molecule has 1 aromatic carbocycles. The van der Waals surface area contributed by atoms with Crippen LogP contribution in [0.2, 0.25) is 0 Å². The number of hydrogen-bond acceptors (Lipinski definition) is 3. The number of carbonyl (C=O) groups is 1. The van der Waals surface area contributed by atoms with E-state index >= 15 is 0 Å². The van der Waals surface area contributed by atoms with Gasteiger partial charge in [0.1, 0.15) is 0 Å². The molecule has 15 heavy (non-hydrogen) atoms. The second kappa shape index (κ2) is 4.79. The minimum absolute atomic E-state index is 0.0858. The minimum atomic E-state index is -0.267. The molecular formula is C11H16N2O2. The van der Waals surface area contributed by atoms with Gasteiger partial charge in [0.25, 0.3) is 5.91 Å². The van der Waals surface area contributed by atoms with Gasteiger partial charge in [-0.15, -0.1) is 0 Å². The molecule has 1 atom stereocenters. The first-order chi connectivity index (χ1) is 7.06.